The molecule has 2 aromatic carbocycles. The molecule has 1 aliphatic rings. The highest BCUT2D eigenvalue weighted by Gasteiger charge is 2.35. The molecule has 0 spiro atoms. The monoisotopic (exact) mass is 566 g/mol. The zero-order chi connectivity index (χ0) is 28.7. The lowest BCUT2D eigenvalue weighted by Gasteiger charge is -2.40. The number of benzene rings is 2. The van der Waals surface area contributed by atoms with E-state index in [1.165, 1.54) is 37.3 Å². The van der Waals surface area contributed by atoms with E-state index in [9.17, 15) is 22.8 Å². The molecule has 0 aliphatic heterocycles. The third-order valence-corrected chi connectivity index (χ3v) is 7.13. The maximum Gasteiger partial charge on any atom is 0.573 e. The van der Waals surface area contributed by atoms with E-state index in [2.05, 4.69) is 36.1 Å². The number of carbonyl (C=O) groups is 2. The highest BCUT2D eigenvalue weighted by Crippen LogP contribution is 2.46. The molecular formula is C27H30ClF3N4O4. The van der Waals surface area contributed by atoms with Crippen LogP contribution in [0.25, 0.3) is 11.0 Å². The van der Waals surface area contributed by atoms with Gasteiger partial charge in [-0.05, 0) is 73.9 Å². The van der Waals surface area contributed by atoms with Gasteiger partial charge in [-0.3, -0.25) is 9.59 Å². The van der Waals surface area contributed by atoms with Crippen LogP contribution in [0.2, 0.25) is 5.02 Å². The average Bonchev–Trinajstić information content (AvgIpc) is 3.13. The zero-order valence-corrected chi connectivity index (χ0v) is 22.7. The Kier molecular flexibility index (Phi) is 7.75. The summed E-state index contributed by atoms with van der Waals surface area (Å²) in [6, 6.07) is 7.40. The quantitative estimate of drug-likeness (QED) is 0.287. The number of alkyl halides is 3. The molecule has 210 valence electrons. The molecule has 8 nitrogen and oxygen atoms in total. The minimum Gasteiger partial charge on any atom is -0.480 e. The summed E-state index contributed by atoms with van der Waals surface area (Å²) in [7, 11) is 0. The Morgan fingerprint density at radius 1 is 1.21 bits per heavy atom. The number of imidazole rings is 1. The van der Waals surface area contributed by atoms with Crippen molar-refractivity contribution in [3.8, 4) is 5.75 Å². The van der Waals surface area contributed by atoms with Gasteiger partial charge < -0.3 is 25.0 Å². The van der Waals surface area contributed by atoms with Crippen molar-refractivity contribution < 1.29 is 32.6 Å². The van der Waals surface area contributed by atoms with E-state index in [0.717, 1.165) is 19.3 Å². The summed E-state index contributed by atoms with van der Waals surface area (Å²) in [6.07, 6.45) is -2.00. The molecule has 3 aromatic rings. The van der Waals surface area contributed by atoms with E-state index in [-0.39, 0.29) is 27.8 Å². The maximum atomic E-state index is 12.8. The molecule has 39 heavy (non-hydrogen) atoms. The molecule has 1 aliphatic carbocycles. The van der Waals surface area contributed by atoms with Crippen molar-refractivity contribution >= 4 is 46.1 Å². The third-order valence-electron chi connectivity index (χ3n) is 6.81. The number of anilines is 2. The Labute approximate surface area is 228 Å². The van der Waals surface area contributed by atoms with Crippen molar-refractivity contribution in [2.45, 2.75) is 65.4 Å². The third kappa shape index (κ3) is 6.76. The average molecular weight is 567 g/mol. The predicted octanol–water partition coefficient (Wildman–Crippen LogP) is 6.92. The number of hydrogen-bond acceptors (Lipinski definition) is 5. The van der Waals surface area contributed by atoms with Gasteiger partial charge >= 0.3 is 12.3 Å². The fourth-order valence-electron chi connectivity index (χ4n) is 5.45. The van der Waals surface area contributed by atoms with E-state index < -0.39 is 24.3 Å². The van der Waals surface area contributed by atoms with Crippen molar-refractivity contribution in [2.75, 3.05) is 5.32 Å². The first-order valence-electron chi connectivity index (χ1n) is 12.5. The number of aromatic nitrogens is 2. The van der Waals surface area contributed by atoms with Crippen LogP contribution in [0.15, 0.2) is 36.4 Å². The van der Waals surface area contributed by atoms with Gasteiger partial charge in [0, 0.05) is 11.7 Å². The van der Waals surface area contributed by atoms with Crippen LogP contribution in [0.3, 0.4) is 0 Å². The van der Waals surface area contributed by atoms with Gasteiger partial charge in [0.2, 0.25) is 5.95 Å². The fraction of sp³-hybridized carbons (Fsp3) is 0.444. The summed E-state index contributed by atoms with van der Waals surface area (Å²) >= 11 is 6.52. The second-order valence-corrected chi connectivity index (χ2v) is 11.3. The lowest BCUT2D eigenvalue weighted by molar-refractivity contribution is -0.274. The number of fused-ring (bicyclic) bond motifs is 1. The number of rotatable bonds is 7. The second-order valence-electron chi connectivity index (χ2n) is 10.9. The summed E-state index contributed by atoms with van der Waals surface area (Å²) < 4.78 is 43.7. The largest absolute Gasteiger partial charge is 0.573 e. The van der Waals surface area contributed by atoms with Crippen molar-refractivity contribution in [2.24, 2.45) is 11.3 Å². The molecule has 3 N–H and O–H groups in total. The van der Waals surface area contributed by atoms with Gasteiger partial charge in [-0.15, -0.1) is 13.2 Å². The van der Waals surface area contributed by atoms with Gasteiger partial charge in [-0.25, -0.2) is 4.98 Å². The van der Waals surface area contributed by atoms with Gasteiger partial charge in [0.25, 0.3) is 5.91 Å². The smallest absolute Gasteiger partial charge is 0.480 e. The number of nitrogens with zero attached hydrogens (tertiary/aromatic N) is 2. The molecule has 4 rings (SSSR count). The molecule has 1 amide bonds. The molecule has 1 aromatic heterocycles. The zero-order valence-electron chi connectivity index (χ0n) is 21.9. The summed E-state index contributed by atoms with van der Waals surface area (Å²) in [5.74, 6) is -1.30. The molecule has 3 atom stereocenters. The van der Waals surface area contributed by atoms with Crippen LogP contribution in [0.5, 0.6) is 5.75 Å². The molecular weight excluding hydrogens is 537 g/mol. The van der Waals surface area contributed by atoms with Crippen LogP contribution in [-0.2, 0) is 4.79 Å². The van der Waals surface area contributed by atoms with E-state index in [1.54, 1.807) is 6.07 Å². The van der Waals surface area contributed by atoms with Crippen LogP contribution in [0.1, 0.15) is 63.4 Å². The van der Waals surface area contributed by atoms with Gasteiger partial charge in [0.15, 0.2) is 0 Å². The van der Waals surface area contributed by atoms with E-state index in [1.807, 2.05) is 4.57 Å². The first-order chi connectivity index (χ1) is 18.1. The fourth-order valence-corrected chi connectivity index (χ4v) is 5.69. The number of carboxylic acids is 1. The molecule has 0 saturated heterocycles. The van der Waals surface area contributed by atoms with Crippen LogP contribution in [-0.4, -0.2) is 38.9 Å². The Morgan fingerprint density at radius 3 is 2.46 bits per heavy atom. The predicted molar refractivity (Wildman–Crippen MR) is 142 cm³/mol. The van der Waals surface area contributed by atoms with Crippen molar-refractivity contribution in [1.82, 2.24) is 14.9 Å². The molecule has 1 fully saturated rings. The van der Waals surface area contributed by atoms with Crippen LogP contribution >= 0.6 is 11.6 Å². The Hall–Kier alpha value is -3.47. The highest BCUT2D eigenvalue weighted by molar-refractivity contribution is 6.34. The van der Waals surface area contributed by atoms with Gasteiger partial charge in [-0.2, -0.15) is 0 Å². The lowest BCUT2D eigenvalue weighted by atomic mass is 9.70. The van der Waals surface area contributed by atoms with Crippen molar-refractivity contribution in [1.29, 1.82) is 0 Å². The minimum absolute atomic E-state index is 0.0341. The van der Waals surface area contributed by atoms with Gasteiger partial charge in [-0.1, -0.05) is 32.4 Å². The molecule has 1 unspecified atom stereocenters. The van der Waals surface area contributed by atoms with Crippen molar-refractivity contribution in [3.63, 3.8) is 0 Å². The van der Waals surface area contributed by atoms with E-state index in [4.69, 9.17) is 21.7 Å². The van der Waals surface area contributed by atoms with E-state index >= 15 is 0 Å². The Bertz CT molecular complexity index is 1390. The normalized spacial score (nSPS) is 19.9. The topological polar surface area (TPSA) is 105 Å². The van der Waals surface area contributed by atoms with Crippen LogP contribution in [0.4, 0.5) is 24.8 Å². The number of amides is 1. The highest BCUT2D eigenvalue weighted by atomic mass is 35.5. The summed E-state index contributed by atoms with van der Waals surface area (Å²) in [5, 5.41) is 14.9. The molecule has 12 heteroatoms. The Morgan fingerprint density at radius 2 is 1.87 bits per heavy atom. The van der Waals surface area contributed by atoms with Crippen molar-refractivity contribution in [3.05, 3.63) is 47.0 Å². The number of carboxylic acid groups (broad SMARTS) is 1. The van der Waals surface area contributed by atoms with Gasteiger partial charge in [0.05, 0.1) is 21.6 Å². The minimum atomic E-state index is -4.79. The molecule has 0 radical (unpaired) electrons. The number of ether oxygens (including phenoxy) is 1. The van der Waals surface area contributed by atoms with E-state index in [0.29, 0.717) is 28.6 Å². The lowest BCUT2D eigenvalue weighted by Crippen LogP contribution is -2.38. The first kappa shape index (κ1) is 28.5. The SMILES string of the molecule is C[C@H]1CC(n2c(Nc3ccc(OC(F)(F)F)cc3)nc3cc(C(=O)N[C@@H](C)C(=O)O)c(Cl)cc32)CC(C)(C)C1. The summed E-state index contributed by atoms with van der Waals surface area (Å²) in [5.41, 5.74) is 1.77. The molecule has 1 saturated carbocycles. The number of carbonyl (C=O) groups excluding carboxylic acids is 1. The number of aliphatic carboxylic acids is 1. The summed E-state index contributed by atoms with van der Waals surface area (Å²) in [6.45, 7) is 7.96. The van der Waals surface area contributed by atoms with Crippen LogP contribution < -0.4 is 15.4 Å². The molecule has 0 bridgehead atoms. The number of nitrogens with one attached hydrogen (secondary N) is 2. The first-order valence-corrected chi connectivity index (χ1v) is 12.9. The van der Waals surface area contributed by atoms with Gasteiger partial charge in [0.1, 0.15) is 11.8 Å². The number of hydrogen-bond donors (Lipinski definition) is 3. The second kappa shape index (κ2) is 10.6. The Balaban J connectivity index is 1.76. The standard InChI is InChI=1S/C27H30ClF3N4O4/c1-14-9-17(13-26(3,4)12-14)35-22-11-20(28)19(23(36)32-15(2)24(37)38)10-21(22)34-25(35)33-16-5-7-18(8-6-16)39-27(29,30)31/h5-8,10-11,14-15,17H,9,12-13H2,1-4H3,(H,32,36)(H,33,34)(H,37,38)/t14-,15-,17?/m0/s1. The molecule has 1 heterocycles. The summed E-state index contributed by atoms with van der Waals surface area (Å²) in [4.78, 5) is 28.7. The van der Waals surface area contributed by atoms with Crippen LogP contribution in [0, 0.1) is 11.3 Å². The maximum absolute atomic E-state index is 12.8. The number of halogens is 4.